The average molecular weight is 709 g/mol. The second-order valence-electron chi connectivity index (χ2n) is 17.5. The van der Waals surface area contributed by atoms with Crippen LogP contribution in [-0.4, -0.2) is 57.8 Å². The van der Waals surface area contributed by atoms with Gasteiger partial charge < -0.3 is 24.8 Å². The maximum absolute atomic E-state index is 13.4. The number of esters is 2. The molecule has 286 valence electrons. The van der Waals surface area contributed by atoms with Crippen LogP contribution in [0.1, 0.15) is 143 Å². The summed E-state index contributed by atoms with van der Waals surface area (Å²) in [6, 6.07) is 10.5. The zero-order valence-electron chi connectivity index (χ0n) is 32.3. The summed E-state index contributed by atoms with van der Waals surface area (Å²) in [6.07, 6.45) is 14.1. The topological polar surface area (TPSA) is 113 Å². The lowest BCUT2D eigenvalue weighted by molar-refractivity contribution is -0.326. The number of aliphatic hydroxyl groups is 3. The van der Waals surface area contributed by atoms with Crippen molar-refractivity contribution < 1.29 is 34.4 Å². The van der Waals surface area contributed by atoms with Crippen LogP contribution in [0.15, 0.2) is 42.0 Å². The average Bonchev–Trinajstić information content (AvgIpc) is 3.76. The lowest BCUT2D eigenvalue weighted by Gasteiger charge is -2.70. The third-order valence-electron chi connectivity index (χ3n) is 14.3. The molecular formula is C44H68O7. The molecule has 7 nitrogen and oxygen atoms in total. The summed E-state index contributed by atoms with van der Waals surface area (Å²) in [5.74, 6) is -0.141. The number of fused-ring (bicyclic) bond motifs is 1. The van der Waals surface area contributed by atoms with E-state index in [0.29, 0.717) is 49.9 Å². The van der Waals surface area contributed by atoms with Gasteiger partial charge >= 0.3 is 11.9 Å². The molecule has 4 aliphatic rings. The molecule has 7 heteroatoms. The van der Waals surface area contributed by atoms with Crippen LogP contribution in [0.25, 0.3) is 0 Å². The number of rotatable bonds is 17. The minimum atomic E-state index is -1.46. The van der Waals surface area contributed by atoms with Gasteiger partial charge in [-0.2, -0.15) is 0 Å². The van der Waals surface area contributed by atoms with Crippen LogP contribution < -0.4 is 0 Å². The molecule has 1 heterocycles. The molecule has 0 amide bonds. The molecule has 51 heavy (non-hydrogen) atoms. The van der Waals surface area contributed by atoms with Crippen molar-refractivity contribution in [3.63, 3.8) is 0 Å². The molecule has 1 aromatic carbocycles. The highest BCUT2D eigenvalue weighted by Gasteiger charge is 2.74. The highest BCUT2D eigenvalue weighted by atomic mass is 16.5. The molecular weight excluding hydrogens is 640 g/mol. The molecule has 1 aromatic rings. The van der Waals surface area contributed by atoms with Gasteiger partial charge in [0, 0.05) is 18.9 Å². The van der Waals surface area contributed by atoms with E-state index in [4.69, 9.17) is 9.47 Å². The fourth-order valence-corrected chi connectivity index (χ4v) is 11.6. The molecule has 0 saturated heterocycles. The minimum absolute atomic E-state index is 0.209. The van der Waals surface area contributed by atoms with Gasteiger partial charge in [0.25, 0.3) is 0 Å². The summed E-state index contributed by atoms with van der Waals surface area (Å²) in [4.78, 5) is 24.8. The zero-order valence-corrected chi connectivity index (χ0v) is 32.3. The fraction of sp³-hybridized carbons (Fsp3) is 0.773. The smallest absolute Gasteiger partial charge is 0.331 e. The summed E-state index contributed by atoms with van der Waals surface area (Å²) < 4.78 is 11.5. The number of carbonyl (C=O) groups is 2. The first-order valence-corrected chi connectivity index (χ1v) is 20.5. The van der Waals surface area contributed by atoms with Gasteiger partial charge in [-0.05, 0) is 111 Å². The molecule has 0 radical (unpaired) electrons. The number of unbranched alkanes of at least 4 members (excludes halogenated alkanes) is 2. The Morgan fingerprint density at radius 1 is 1.04 bits per heavy atom. The Morgan fingerprint density at radius 3 is 2.49 bits per heavy atom. The van der Waals surface area contributed by atoms with E-state index in [-0.39, 0.29) is 29.9 Å². The first kappa shape index (κ1) is 40.0. The van der Waals surface area contributed by atoms with Crippen molar-refractivity contribution in [2.75, 3.05) is 6.61 Å². The summed E-state index contributed by atoms with van der Waals surface area (Å²) >= 11 is 0. The number of ether oxygens (including phenoxy) is 2. The molecule has 1 aliphatic heterocycles. The summed E-state index contributed by atoms with van der Waals surface area (Å²) in [5.41, 5.74) is -0.961. The maximum atomic E-state index is 13.4. The Labute approximate surface area is 308 Å². The number of benzene rings is 1. The molecule has 0 unspecified atom stereocenters. The van der Waals surface area contributed by atoms with Gasteiger partial charge in [-0.3, -0.25) is 4.79 Å². The molecule has 0 spiro atoms. The molecule has 5 rings (SSSR count). The number of cyclic esters (lactones) is 1. The van der Waals surface area contributed by atoms with Crippen LogP contribution in [0.5, 0.6) is 0 Å². The second-order valence-corrected chi connectivity index (χ2v) is 17.5. The standard InChI is InChI=1S/C44H68O7/c1-6-7-9-16-34-19-20-36(27-34)42(5)24-23-39(47)44(38(46)21-18-30(2)13-12-17-33-14-10-8-11-15-33)41(42)37(51-32(4)45)26-31(3)43(44,49)25-22-35-28-40(48)50-29-35/h8,10-11,14-15,28,30-31,34,36-39,41,46-47,49H,6-7,9,12-13,16-27,29H2,1-5H3/t30-,31-,34+,36-,37-,38-,39-,41+,42-,43-,44-/m1/s1. The fourth-order valence-electron chi connectivity index (χ4n) is 11.6. The first-order chi connectivity index (χ1) is 24.3. The van der Waals surface area contributed by atoms with Crippen LogP contribution in [-0.2, 0) is 25.5 Å². The quantitative estimate of drug-likeness (QED) is 0.110. The molecule has 3 aliphatic carbocycles. The Morgan fingerprint density at radius 2 is 1.80 bits per heavy atom. The van der Waals surface area contributed by atoms with Gasteiger partial charge in [0.2, 0.25) is 0 Å². The van der Waals surface area contributed by atoms with Crippen molar-refractivity contribution in [1.29, 1.82) is 0 Å². The maximum Gasteiger partial charge on any atom is 0.331 e. The van der Waals surface area contributed by atoms with Gasteiger partial charge in [-0.15, -0.1) is 0 Å². The lowest BCUT2D eigenvalue weighted by Crippen LogP contribution is -2.77. The predicted molar refractivity (Wildman–Crippen MR) is 201 cm³/mol. The summed E-state index contributed by atoms with van der Waals surface area (Å²) in [7, 11) is 0. The van der Waals surface area contributed by atoms with Crippen molar-refractivity contribution in [3.05, 3.63) is 47.5 Å². The van der Waals surface area contributed by atoms with Crippen LogP contribution in [0, 0.1) is 40.4 Å². The monoisotopic (exact) mass is 708 g/mol. The highest BCUT2D eigenvalue weighted by Crippen LogP contribution is 2.69. The van der Waals surface area contributed by atoms with E-state index < -0.39 is 35.2 Å². The van der Waals surface area contributed by atoms with Gasteiger partial charge in [0.05, 0.1) is 23.2 Å². The lowest BCUT2D eigenvalue weighted by atomic mass is 9.38. The third kappa shape index (κ3) is 8.46. The van der Waals surface area contributed by atoms with Crippen molar-refractivity contribution in [3.8, 4) is 0 Å². The van der Waals surface area contributed by atoms with Crippen molar-refractivity contribution in [2.45, 2.75) is 168 Å². The Bertz CT molecular complexity index is 1330. The number of aryl methyl sites for hydroxylation is 1. The minimum Gasteiger partial charge on any atom is -0.462 e. The van der Waals surface area contributed by atoms with Crippen LogP contribution >= 0.6 is 0 Å². The second kappa shape index (κ2) is 17.3. The van der Waals surface area contributed by atoms with Crippen molar-refractivity contribution in [1.82, 2.24) is 0 Å². The first-order valence-electron chi connectivity index (χ1n) is 20.5. The Hall–Kier alpha value is -2.22. The third-order valence-corrected chi connectivity index (χ3v) is 14.3. The van der Waals surface area contributed by atoms with Gasteiger partial charge in [0.15, 0.2) is 0 Å². The van der Waals surface area contributed by atoms with Crippen LogP contribution in [0.2, 0.25) is 0 Å². The molecule has 3 fully saturated rings. The van der Waals surface area contributed by atoms with E-state index in [0.717, 1.165) is 50.5 Å². The normalized spacial score (nSPS) is 36.2. The van der Waals surface area contributed by atoms with E-state index in [2.05, 4.69) is 45.0 Å². The van der Waals surface area contributed by atoms with Crippen LogP contribution in [0.4, 0.5) is 0 Å². The molecule has 3 saturated carbocycles. The van der Waals surface area contributed by atoms with Gasteiger partial charge in [-0.25, -0.2) is 4.79 Å². The summed E-state index contributed by atoms with van der Waals surface area (Å²) in [5, 5.41) is 38.7. The van der Waals surface area contributed by atoms with E-state index in [9.17, 15) is 24.9 Å². The zero-order chi connectivity index (χ0) is 36.8. The molecule has 11 atom stereocenters. The highest BCUT2D eigenvalue weighted by molar-refractivity contribution is 5.85. The van der Waals surface area contributed by atoms with E-state index in [1.165, 1.54) is 50.7 Å². The molecule has 3 N–H and O–H groups in total. The Balaban J connectivity index is 1.49. The van der Waals surface area contributed by atoms with Crippen LogP contribution in [0.3, 0.4) is 0 Å². The van der Waals surface area contributed by atoms with Gasteiger partial charge in [-0.1, -0.05) is 96.6 Å². The number of aliphatic hydroxyl groups excluding tert-OH is 2. The number of hydrogen-bond acceptors (Lipinski definition) is 7. The molecule has 0 bridgehead atoms. The largest absolute Gasteiger partial charge is 0.462 e. The van der Waals surface area contributed by atoms with E-state index in [1.807, 2.05) is 13.0 Å². The van der Waals surface area contributed by atoms with E-state index >= 15 is 0 Å². The SMILES string of the molecule is CCCCC[C@H]1CC[C@@H]([C@@]2(C)CC[C@@H](O)[C@]3([C@H](O)CC[C@H](C)CCCc4ccccc4)[C@H]2[C@H](OC(C)=O)C[C@@H](C)[C@]3(O)CCC2=CC(=O)OC2)C1. The summed E-state index contributed by atoms with van der Waals surface area (Å²) in [6.45, 7) is 10.5. The van der Waals surface area contributed by atoms with Crippen molar-refractivity contribution in [2.24, 2.45) is 40.4 Å². The van der Waals surface area contributed by atoms with Gasteiger partial charge in [0.1, 0.15) is 12.7 Å². The van der Waals surface area contributed by atoms with Crippen molar-refractivity contribution >= 4 is 11.9 Å². The molecule has 0 aromatic heterocycles. The van der Waals surface area contributed by atoms with E-state index in [1.54, 1.807) is 0 Å². The predicted octanol–water partition coefficient (Wildman–Crippen LogP) is 8.51. The Kier molecular flexibility index (Phi) is 13.5. The number of carbonyl (C=O) groups excluding carboxylic acids is 2. The number of hydrogen-bond donors (Lipinski definition) is 3.